The van der Waals surface area contributed by atoms with E-state index in [0.717, 1.165) is 11.1 Å². The van der Waals surface area contributed by atoms with Crippen LogP contribution < -0.4 is 10.1 Å². The highest BCUT2D eigenvalue weighted by Crippen LogP contribution is 2.30. The lowest BCUT2D eigenvalue weighted by atomic mass is 10.0. The first kappa shape index (κ1) is 23.9. The van der Waals surface area contributed by atoms with Gasteiger partial charge in [-0.05, 0) is 56.2 Å². The molecular formula is C24H29ClN2O5. The van der Waals surface area contributed by atoms with Crippen molar-refractivity contribution in [1.29, 1.82) is 0 Å². The van der Waals surface area contributed by atoms with E-state index in [1.165, 1.54) is 0 Å². The number of morpholine rings is 1. The number of hydrogen-bond acceptors (Lipinski definition) is 5. The van der Waals surface area contributed by atoms with E-state index in [-0.39, 0.29) is 12.5 Å². The van der Waals surface area contributed by atoms with Crippen molar-refractivity contribution in [2.24, 2.45) is 0 Å². The first-order valence-electron chi connectivity index (χ1n) is 10.6. The molecule has 1 saturated heterocycles. The molecule has 1 heterocycles. The summed E-state index contributed by atoms with van der Waals surface area (Å²) < 4.78 is 16.1. The lowest BCUT2D eigenvalue weighted by Crippen LogP contribution is -2.40. The van der Waals surface area contributed by atoms with Gasteiger partial charge in [0.15, 0.2) is 0 Å². The molecule has 1 N–H and O–H groups in total. The molecule has 3 rings (SSSR count). The second kappa shape index (κ2) is 10.7. The molecule has 0 unspecified atom stereocenters. The Morgan fingerprint density at radius 2 is 1.72 bits per heavy atom. The number of alkyl carbamates (subject to hydrolysis) is 1. The third-order valence-electron chi connectivity index (χ3n) is 4.72. The van der Waals surface area contributed by atoms with Crippen LogP contribution in [0.1, 0.15) is 31.1 Å². The summed E-state index contributed by atoms with van der Waals surface area (Å²) in [6.07, 6.45) is -0.488. The van der Waals surface area contributed by atoms with E-state index in [0.29, 0.717) is 49.2 Å². The minimum atomic E-state index is -0.544. The van der Waals surface area contributed by atoms with Gasteiger partial charge < -0.3 is 24.4 Å². The van der Waals surface area contributed by atoms with Gasteiger partial charge in [-0.25, -0.2) is 4.79 Å². The molecule has 2 amide bonds. The fourth-order valence-corrected chi connectivity index (χ4v) is 3.42. The molecule has 1 aliphatic heterocycles. The van der Waals surface area contributed by atoms with Crippen molar-refractivity contribution in [2.45, 2.75) is 26.4 Å². The van der Waals surface area contributed by atoms with Crippen LogP contribution in [0.5, 0.6) is 5.75 Å². The number of hydrogen-bond donors (Lipinski definition) is 1. The van der Waals surface area contributed by atoms with Crippen LogP contribution in [0.25, 0.3) is 11.1 Å². The zero-order valence-corrected chi connectivity index (χ0v) is 19.4. The summed E-state index contributed by atoms with van der Waals surface area (Å²) >= 11 is 6.38. The number of benzene rings is 2. The van der Waals surface area contributed by atoms with Crippen LogP contribution in [0.15, 0.2) is 42.5 Å². The molecule has 1 fully saturated rings. The molecule has 8 heteroatoms. The van der Waals surface area contributed by atoms with Crippen LogP contribution in [0.2, 0.25) is 5.02 Å². The molecule has 7 nitrogen and oxygen atoms in total. The van der Waals surface area contributed by atoms with E-state index >= 15 is 0 Å². The molecule has 32 heavy (non-hydrogen) atoms. The van der Waals surface area contributed by atoms with Crippen LogP contribution in [0, 0.1) is 0 Å². The number of amides is 2. The first-order chi connectivity index (χ1) is 15.2. The molecule has 2 aromatic carbocycles. The van der Waals surface area contributed by atoms with Crippen molar-refractivity contribution in [3.05, 3.63) is 53.1 Å². The highest BCUT2D eigenvalue weighted by molar-refractivity contribution is 6.32. The zero-order chi connectivity index (χ0) is 23.1. The Morgan fingerprint density at radius 1 is 1.06 bits per heavy atom. The predicted octanol–water partition coefficient (Wildman–Crippen LogP) is 4.38. The Balaban J connectivity index is 1.54. The first-order valence-corrected chi connectivity index (χ1v) is 11.0. The van der Waals surface area contributed by atoms with E-state index in [1.807, 2.05) is 36.4 Å². The van der Waals surface area contributed by atoms with Crippen molar-refractivity contribution < 1.29 is 23.8 Å². The monoisotopic (exact) mass is 460 g/mol. The van der Waals surface area contributed by atoms with Gasteiger partial charge in [-0.2, -0.15) is 0 Å². The van der Waals surface area contributed by atoms with Gasteiger partial charge >= 0.3 is 6.09 Å². The third-order valence-corrected chi connectivity index (χ3v) is 5.02. The van der Waals surface area contributed by atoms with Gasteiger partial charge in [-0.15, -0.1) is 0 Å². The molecule has 0 bridgehead atoms. The molecule has 0 aliphatic carbocycles. The van der Waals surface area contributed by atoms with Crippen LogP contribution in [0.4, 0.5) is 4.79 Å². The summed E-state index contributed by atoms with van der Waals surface area (Å²) in [5.41, 5.74) is 1.97. The summed E-state index contributed by atoms with van der Waals surface area (Å²) in [4.78, 5) is 26.0. The van der Waals surface area contributed by atoms with Crippen LogP contribution >= 0.6 is 11.6 Å². The van der Waals surface area contributed by atoms with Gasteiger partial charge in [0.05, 0.1) is 24.8 Å². The zero-order valence-electron chi connectivity index (χ0n) is 18.7. The number of rotatable bonds is 6. The van der Waals surface area contributed by atoms with Crippen molar-refractivity contribution in [3.63, 3.8) is 0 Å². The average Bonchev–Trinajstić information content (AvgIpc) is 2.76. The van der Waals surface area contributed by atoms with Crippen molar-refractivity contribution in [2.75, 3.05) is 39.5 Å². The smallest absolute Gasteiger partial charge is 0.407 e. The topological polar surface area (TPSA) is 77.1 Å². The summed E-state index contributed by atoms with van der Waals surface area (Å²) in [5.74, 6) is 0.544. The minimum Gasteiger partial charge on any atom is -0.490 e. The maximum atomic E-state index is 12.6. The highest BCUT2D eigenvalue weighted by atomic mass is 35.5. The fourth-order valence-electron chi connectivity index (χ4n) is 3.18. The standard InChI is InChI=1S/C24H29ClN2O5/c1-24(2,3)32-23(29)26-10-13-31-21-9-8-19(16-20(21)25)17-4-6-18(7-5-17)22(28)27-11-14-30-15-12-27/h4-9,16H,10-15H2,1-3H3,(H,26,29). The van der Waals surface area contributed by atoms with Crippen LogP contribution in [-0.4, -0.2) is 62.0 Å². The highest BCUT2D eigenvalue weighted by Gasteiger charge is 2.18. The molecule has 0 saturated carbocycles. The minimum absolute atomic E-state index is 0.0154. The number of ether oxygens (including phenoxy) is 3. The molecule has 2 aromatic rings. The third kappa shape index (κ3) is 6.87. The molecular weight excluding hydrogens is 432 g/mol. The maximum absolute atomic E-state index is 12.6. The Hall–Kier alpha value is -2.77. The van der Waals surface area contributed by atoms with Crippen molar-refractivity contribution in [1.82, 2.24) is 10.2 Å². The fraction of sp³-hybridized carbons (Fsp3) is 0.417. The van der Waals surface area contributed by atoms with Gasteiger partial charge in [-0.3, -0.25) is 4.79 Å². The second-order valence-electron chi connectivity index (χ2n) is 8.40. The summed E-state index contributed by atoms with van der Waals surface area (Å²) in [7, 11) is 0. The Bertz CT molecular complexity index is 934. The molecule has 0 aromatic heterocycles. The molecule has 0 atom stereocenters. The normalized spacial score (nSPS) is 14.1. The number of nitrogens with one attached hydrogen (secondary N) is 1. The van der Waals surface area contributed by atoms with Crippen molar-refractivity contribution >= 4 is 23.6 Å². The summed E-state index contributed by atoms with van der Waals surface area (Å²) in [5, 5.41) is 3.10. The van der Waals surface area contributed by atoms with E-state index < -0.39 is 11.7 Å². The molecule has 172 valence electrons. The van der Waals surface area contributed by atoms with Gasteiger partial charge in [-0.1, -0.05) is 29.8 Å². The summed E-state index contributed by atoms with van der Waals surface area (Å²) in [6, 6.07) is 13.0. The Kier molecular flexibility index (Phi) is 7.99. The lowest BCUT2D eigenvalue weighted by molar-refractivity contribution is 0.0303. The van der Waals surface area contributed by atoms with Gasteiger partial charge in [0, 0.05) is 18.7 Å². The molecule has 1 aliphatic rings. The molecule has 0 radical (unpaired) electrons. The Labute approximate surface area is 193 Å². The average molecular weight is 461 g/mol. The van der Waals surface area contributed by atoms with Crippen LogP contribution in [-0.2, 0) is 9.47 Å². The van der Waals surface area contributed by atoms with E-state index in [2.05, 4.69) is 5.32 Å². The number of carbonyl (C=O) groups is 2. The van der Waals surface area contributed by atoms with Crippen LogP contribution in [0.3, 0.4) is 0 Å². The SMILES string of the molecule is CC(C)(C)OC(=O)NCCOc1ccc(-c2ccc(C(=O)N3CCOCC3)cc2)cc1Cl. The lowest BCUT2D eigenvalue weighted by Gasteiger charge is -2.26. The number of nitrogens with zero attached hydrogens (tertiary/aromatic N) is 1. The number of carbonyl (C=O) groups excluding carboxylic acids is 2. The quantitative estimate of drug-likeness (QED) is 0.647. The molecule has 0 spiro atoms. The largest absolute Gasteiger partial charge is 0.490 e. The maximum Gasteiger partial charge on any atom is 0.407 e. The number of halogens is 1. The predicted molar refractivity (Wildman–Crippen MR) is 123 cm³/mol. The van der Waals surface area contributed by atoms with Crippen molar-refractivity contribution in [3.8, 4) is 16.9 Å². The summed E-state index contributed by atoms with van der Waals surface area (Å²) in [6.45, 7) is 8.36. The Morgan fingerprint density at radius 3 is 2.34 bits per heavy atom. The van der Waals surface area contributed by atoms with E-state index in [9.17, 15) is 9.59 Å². The van der Waals surface area contributed by atoms with Gasteiger partial charge in [0.2, 0.25) is 0 Å². The van der Waals surface area contributed by atoms with E-state index in [4.69, 9.17) is 25.8 Å². The van der Waals surface area contributed by atoms with Gasteiger partial charge in [0.25, 0.3) is 5.91 Å². The second-order valence-corrected chi connectivity index (χ2v) is 8.81. The van der Waals surface area contributed by atoms with Gasteiger partial charge in [0.1, 0.15) is 18.0 Å². The van der Waals surface area contributed by atoms with E-state index in [1.54, 1.807) is 31.7 Å².